The first-order valence-corrected chi connectivity index (χ1v) is 6.88. The third kappa shape index (κ3) is 3.64. The average molecular weight is 295 g/mol. The van der Waals surface area contributed by atoms with E-state index < -0.39 is 12.0 Å². The normalized spacial score (nSPS) is 12.1. The fourth-order valence-electron chi connectivity index (χ4n) is 1.46. The van der Waals surface area contributed by atoms with Gasteiger partial charge in [0.05, 0.1) is 0 Å². The topological polar surface area (TPSA) is 105 Å². The van der Waals surface area contributed by atoms with Crippen LogP contribution in [0.2, 0.25) is 0 Å². The van der Waals surface area contributed by atoms with Gasteiger partial charge in [-0.15, -0.1) is 0 Å². The second-order valence-corrected chi connectivity index (χ2v) is 4.93. The number of aromatic nitrogens is 2. The van der Waals surface area contributed by atoms with Gasteiger partial charge in [-0.1, -0.05) is 5.16 Å². The highest BCUT2D eigenvalue weighted by Crippen LogP contribution is 2.18. The number of carboxylic acid groups (broad SMARTS) is 1. The molecule has 7 nitrogen and oxygen atoms in total. The Kier molecular flexibility index (Phi) is 4.46. The number of nitrogens with one attached hydrogen (secondary N) is 1. The SMILES string of the molecule is C[C@H](NC(=O)CCc1nc(-c2ccsc2)no1)C(=O)O. The van der Waals surface area contributed by atoms with Crippen LogP contribution in [0.25, 0.3) is 11.4 Å². The highest BCUT2D eigenvalue weighted by Gasteiger charge is 2.15. The summed E-state index contributed by atoms with van der Waals surface area (Å²) in [6.07, 6.45) is 0.373. The lowest BCUT2D eigenvalue weighted by Crippen LogP contribution is -2.38. The summed E-state index contributed by atoms with van der Waals surface area (Å²) in [7, 11) is 0. The third-order valence-corrected chi connectivity index (χ3v) is 3.24. The average Bonchev–Trinajstić information content (AvgIpc) is 3.07. The van der Waals surface area contributed by atoms with E-state index in [1.54, 1.807) is 0 Å². The van der Waals surface area contributed by atoms with Crippen molar-refractivity contribution in [1.29, 1.82) is 0 Å². The second-order valence-electron chi connectivity index (χ2n) is 4.15. The van der Waals surface area contributed by atoms with E-state index in [9.17, 15) is 9.59 Å². The molecule has 8 heteroatoms. The number of hydrogen-bond donors (Lipinski definition) is 2. The molecule has 106 valence electrons. The number of rotatable bonds is 6. The molecule has 0 spiro atoms. The van der Waals surface area contributed by atoms with Gasteiger partial charge in [-0.05, 0) is 18.4 Å². The fourth-order valence-corrected chi connectivity index (χ4v) is 2.10. The minimum atomic E-state index is -1.07. The predicted molar refractivity (Wildman–Crippen MR) is 71.2 cm³/mol. The Morgan fingerprint density at radius 2 is 2.35 bits per heavy atom. The number of carbonyl (C=O) groups excluding carboxylic acids is 1. The smallest absolute Gasteiger partial charge is 0.325 e. The van der Waals surface area contributed by atoms with Crippen molar-refractivity contribution in [3.63, 3.8) is 0 Å². The Morgan fingerprint density at radius 3 is 3.00 bits per heavy atom. The van der Waals surface area contributed by atoms with Crippen LogP contribution in [-0.4, -0.2) is 33.2 Å². The zero-order valence-electron chi connectivity index (χ0n) is 10.7. The summed E-state index contributed by atoms with van der Waals surface area (Å²) in [6, 6.07) is 0.965. The molecule has 0 unspecified atom stereocenters. The molecule has 0 aliphatic heterocycles. The van der Waals surface area contributed by atoms with Crippen LogP contribution in [0.4, 0.5) is 0 Å². The largest absolute Gasteiger partial charge is 0.480 e. The maximum atomic E-state index is 11.5. The van der Waals surface area contributed by atoms with Crippen molar-refractivity contribution in [3.05, 3.63) is 22.7 Å². The summed E-state index contributed by atoms with van der Waals surface area (Å²) in [4.78, 5) is 26.3. The van der Waals surface area contributed by atoms with Gasteiger partial charge in [-0.25, -0.2) is 0 Å². The van der Waals surface area contributed by atoms with Crippen molar-refractivity contribution in [3.8, 4) is 11.4 Å². The van der Waals surface area contributed by atoms with Gasteiger partial charge in [0.15, 0.2) is 0 Å². The van der Waals surface area contributed by atoms with Crippen LogP contribution in [0.5, 0.6) is 0 Å². The van der Waals surface area contributed by atoms with E-state index in [0.717, 1.165) is 5.56 Å². The van der Waals surface area contributed by atoms with E-state index in [4.69, 9.17) is 9.63 Å². The van der Waals surface area contributed by atoms with Gasteiger partial charge in [0.2, 0.25) is 17.6 Å². The van der Waals surface area contributed by atoms with E-state index in [1.165, 1.54) is 18.3 Å². The number of thiophene rings is 1. The van der Waals surface area contributed by atoms with Crippen LogP contribution >= 0.6 is 11.3 Å². The summed E-state index contributed by atoms with van der Waals surface area (Å²) in [5.41, 5.74) is 0.869. The number of aryl methyl sites for hydroxylation is 1. The molecule has 2 rings (SSSR count). The summed E-state index contributed by atoms with van der Waals surface area (Å²) in [5.74, 6) is -0.601. The number of carboxylic acids is 1. The van der Waals surface area contributed by atoms with Crippen molar-refractivity contribution in [2.24, 2.45) is 0 Å². The molecule has 1 atom stereocenters. The summed E-state index contributed by atoms with van der Waals surface area (Å²) in [5, 5.41) is 18.7. The Bertz CT molecular complexity index is 594. The summed E-state index contributed by atoms with van der Waals surface area (Å²) < 4.78 is 5.04. The summed E-state index contributed by atoms with van der Waals surface area (Å²) >= 11 is 1.53. The van der Waals surface area contributed by atoms with Crippen LogP contribution in [0.15, 0.2) is 21.3 Å². The minimum Gasteiger partial charge on any atom is -0.480 e. The van der Waals surface area contributed by atoms with Crippen LogP contribution < -0.4 is 5.32 Å². The quantitative estimate of drug-likeness (QED) is 0.832. The molecular weight excluding hydrogens is 282 g/mol. The predicted octanol–water partition coefficient (Wildman–Crippen LogP) is 1.32. The first-order valence-electron chi connectivity index (χ1n) is 5.93. The van der Waals surface area contributed by atoms with Crippen molar-refractivity contribution >= 4 is 23.2 Å². The number of hydrogen-bond acceptors (Lipinski definition) is 6. The van der Waals surface area contributed by atoms with Crippen LogP contribution in [0.3, 0.4) is 0 Å². The monoisotopic (exact) mass is 295 g/mol. The molecule has 0 radical (unpaired) electrons. The minimum absolute atomic E-state index is 0.100. The molecule has 0 aromatic carbocycles. The maximum Gasteiger partial charge on any atom is 0.325 e. The molecule has 2 heterocycles. The Balaban J connectivity index is 1.86. The first-order chi connectivity index (χ1) is 9.56. The van der Waals surface area contributed by atoms with E-state index in [-0.39, 0.29) is 18.7 Å². The standard InChI is InChI=1S/C12H13N3O4S/c1-7(12(17)18)13-9(16)2-3-10-14-11(15-19-10)8-4-5-20-6-8/h4-7H,2-3H2,1H3,(H,13,16)(H,17,18)/t7-/m0/s1. The van der Waals surface area contributed by atoms with E-state index >= 15 is 0 Å². The zero-order chi connectivity index (χ0) is 14.5. The van der Waals surface area contributed by atoms with Gasteiger partial charge >= 0.3 is 5.97 Å². The van der Waals surface area contributed by atoms with Gasteiger partial charge in [0.25, 0.3) is 0 Å². The number of carbonyl (C=O) groups is 2. The van der Waals surface area contributed by atoms with Crippen molar-refractivity contribution in [2.75, 3.05) is 0 Å². The molecule has 0 aliphatic carbocycles. The number of nitrogens with zero attached hydrogens (tertiary/aromatic N) is 2. The molecule has 0 aliphatic rings. The van der Waals surface area contributed by atoms with Gasteiger partial charge in [-0.3, -0.25) is 9.59 Å². The highest BCUT2D eigenvalue weighted by molar-refractivity contribution is 7.08. The second kappa shape index (κ2) is 6.29. The van der Waals surface area contributed by atoms with Crippen molar-refractivity contribution in [1.82, 2.24) is 15.5 Å². The molecular formula is C12H13N3O4S. The molecule has 0 saturated carbocycles. The number of amides is 1. The molecule has 2 N–H and O–H groups in total. The van der Waals surface area contributed by atoms with Crippen molar-refractivity contribution in [2.45, 2.75) is 25.8 Å². The van der Waals surface area contributed by atoms with Crippen LogP contribution in [0, 0.1) is 0 Å². The molecule has 2 aromatic heterocycles. The molecule has 2 aromatic rings. The van der Waals surface area contributed by atoms with Gasteiger partial charge in [0, 0.05) is 23.8 Å². The Hall–Kier alpha value is -2.22. The van der Waals surface area contributed by atoms with Gasteiger partial charge < -0.3 is 14.9 Å². The van der Waals surface area contributed by atoms with E-state index in [2.05, 4.69) is 15.5 Å². The van der Waals surface area contributed by atoms with Crippen LogP contribution in [-0.2, 0) is 16.0 Å². The maximum absolute atomic E-state index is 11.5. The fraction of sp³-hybridized carbons (Fsp3) is 0.333. The number of aliphatic carboxylic acids is 1. The van der Waals surface area contributed by atoms with Gasteiger partial charge in [0.1, 0.15) is 6.04 Å². The molecule has 0 bridgehead atoms. The molecule has 0 fully saturated rings. The third-order valence-electron chi connectivity index (χ3n) is 2.56. The molecule has 0 saturated heterocycles. The highest BCUT2D eigenvalue weighted by atomic mass is 32.1. The molecule has 20 heavy (non-hydrogen) atoms. The van der Waals surface area contributed by atoms with E-state index in [0.29, 0.717) is 11.7 Å². The zero-order valence-corrected chi connectivity index (χ0v) is 11.5. The van der Waals surface area contributed by atoms with Crippen LogP contribution in [0.1, 0.15) is 19.2 Å². The van der Waals surface area contributed by atoms with Gasteiger partial charge in [-0.2, -0.15) is 16.3 Å². The lowest BCUT2D eigenvalue weighted by molar-refractivity contribution is -0.141. The lowest BCUT2D eigenvalue weighted by atomic mass is 10.2. The molecule has 1 amide bonds. The van der Waals surface area contributed by atoms with Crippen molar-refractivity contribution < 1.29 is 19.2 Å². The Morgan fingerprint density at radius 1 is 1.55 bits per heavy atom. The summed E-state index contributed by atoms with van der Waals surface area (Å²) in [6.45, 7) is 1.40. The lowest BCUT2D eigenvalue weighted by Gasteiger charge is -2.07. The van der Waals surface area contributed by atoms with E-state index in [1.807, 2.05) is 16.8 Å². The first kappa shape index (κ1) is 14.2. The Labute approximate surface area is 118 Å².